The van der Waals surface area contributed by atoms with E-state index in [1.807, 2.05) is 59.5 Å². The van der Waals surface area contributed by atoms with Gasteiger partial charge in [-0.15, -0.1) is 11.3 Å². The maximum atomic E-state index is 12.9. The molecule has 38 heavy (non-hydrogen) atoms. The van der Waals surface area contributed by atoms with Gasteiger partial charge in [-0.1, -0.05) is 25.0 Å². The standard InChI is InChI=1S/C30H31N3O4S/c34-27-7-2-1-4-21(27)17-29-32-25-9-8-23(19-28(25)38-29)37-24-10-11-31-26(18-24)20-5-3-6-22(16-20)30(35)33-12-14-36-15-13-33/h3,5-6,8-11,16,18-19,21,27,34H,1-2,4,7,12-15,17H2/t21-,27+/m0/s1. The van der Waals surface area contributed by atoms with E-state index in [9.17, 15) is 9.90 Å². The van der Waals surface area contributed by atoms with E-state index in [2.05, 4.69) is 4.98 Å². The summed E-state index contributed by atoms with van der Waals surface area (Å²) in [6, 6.07) is 17.2. The SMILES string of the molecule is O=C(c1cccc(-c2cc(Oc3ccc4nc(C[C@@H]5CCCC[C@H]5O)sc4c3)ccn2)c1)N1CCOCC1. The molecule has 0 bridgehead atoms. The van der Waals surface area contributed by atoms with E-state index in [1.165, 1.54) is 6.42 Å². The Kier molecular flexibility index (Phi) is 7.35. The van der Waals surface area contributed by atoms with Crippen molar-refractivity contribution in [2.45, 2.75) is 38.2 Å². The molecule has 7 nitrogen and oxygen atoms in total. The average Bonchev–Trinajstić information content (AvgIpc) is 3.36. The second-order valence-corrected chi connectivity index (χ2v) is 11.1. The maximum absolute atomic E-state index is 12.9. The predicted octanol–water partition coefficient (Wildman–Crippen LogP) is 5.72. The van der Waals surface area contributed by atoms with Gasteiger partial charge < -0.3 is 19.5 Å². The first kappa shape index (κ1) is 25.0. The van der Waals surface area contributed by atoms with Gasteiger partial charge in [-0.25, -0.2) is 4.98 Å². The molecule has 2 aromatic carbocycles. The number of nitrogens with zero attached hydrogens (tertiary/aromatic N) is 3. The van der Waals surface area contributed by atoms with Crippen LogP contribution in [0.1, 0.15) is 41.0 Å². The summed E-state index contributed by atoms with van der Waals surface area (Å²) in [6.07, 6.45) is 6.61. The second-order valence-electron chi connectivity index (χ2n) is 10.0. The molecule has 0 radical (unpaired) electrons. The number of aromatic nitrogens is 2. The highest BCUT2D eigenvalue weighted by Gasteiger charge is 2.24. The van der Waals surface area contributed by atoms with E-state index in [-0.39, 0.29) is 12.0 Å². The van der Waals surface area contributed by atoms with Gasteiger partial charge in [0.05, 0.1) is 40.2 Å². The molecule has 2 aromatic heterocycles. The fraction of sp³-hybridized carbons (Fsp3) is 0.367. The number of pyridine rings is 1. The molecule has 1 amide bonds. The molecule has 6 rings (SSSR count). The van der Waals surface area contributed by atoms with Crippen molar-refractivity contribution in [1.29, 1.82) is 0 Å². The maximum Gasteiger partial charge on any atom is 0.254 e. The number of thiazole rings is 1. The van der Waals surface area contributed by atoms with Gasteiger partial charge in [-0.05, 0) is 49.1 Å². The first-order valence-corrected chi connectivity index (χ1v) is 14.1. The second kappa shape index (κ2) is 11.2. The number of amides is 1. The number of aliphatic hydroxyl groups excluding tert-OH is 1. The van der Waals surface area contributed by atoms with Crippen LogP contribution >= 0.6 is 11.3 Å². The van der Waals surface area contributed by atoms with E-state index in [0.29, 0.717) is 43.5 Å². The van der Waals surface area contributed by atoms with Gasteiger partial charge in [0.15, 0.2) is 0 Å². The summed E-state index contributed by atoms with van der Waals surface area (Å²) >= 11 is 1.68. The van der Waals surface area contributed by atoms with Crippen molar-refractivity contribution in [1.82, 2.24) is 14.9 Å². The zero-order valence-corrected chi connectivity index (χ0v) is 22.0. The lowest BCUT2D eigenvalue weighted by Crippen LogP contribution is -2.40. The van der Waals surface area contributed by atoms with Crippen LogP contribution in [0.5, 0.6) is 11.5 Å². The number of hydrogen-bond donors (Lipinski definition) is 1. The smallest absolute Gasteiger partial charge is 0.254 e. The number of fused-ring (bicyclic) bond motifs is 1. The van der Waals surface area contributed by atoms with E-state index in [0.717, 1.165) is 57.9 Å². The molecule has 2 fully saturated rings. The molecule has 2 aliphatic rings. The zero-order chi connectivity index (χ0) is 25.9. The van der Waals surface area contributed by atoms with E-state index in [4.69, 9.17) is 14.5 Å². The van der Waals surface area contributed by atoms with Gasteiger partial charge in [0.1, 0.15) is 11.5 Å². The number of hydrogen-bond acceptors (Lipinski definition) is 7. The fourth-order valence-electron chi connectivity index (χ4n) is 5.28. The molecule has 0 unspecified atom stereocenters. The Balaban J connectivity index is 1.17. The van der Waals surface area contributed by atoms with Crippen molar-refractivity contribution in [2.75, 3.05) is 26.3 Å². The van der Waals surface area contributed by atoms with Crippen LogP contribution in [0.4, 0.5) is 0 Å². The Morgan fingerprint density at radius 3 is 2.76 bits per heavy atom. The van der Waals surface area contributed by atoms with Crippen LogP contribution < -0.4 is 4.74 Å². The van der Waals surface area contributed by atoms with Gasteiger partial charge in [0.2, 0.25) is 0 Å². The summed E-state index contributed by atoms with van der Waals surface area (Å²) in [5.74, 6) is 1.73. The van der Waals surface area contributed by atoms with Crippen LogP contribution in [0.3, 0.4) is 0 Å². The van der Waals surface area contributed by atoms with Crippen LogP contribution in [-0.2, 0) is 11.2 Å². The third-order valence-corrected chi connectivity index (χ3v) is 8.42. The van der Waals surface area contributed by atoms with Crippen LogP contribution in [0.15, 0.2) is 60.8 Å². The minimum absolute atomic E-state index is 0.0118. The molecule has 2 atom stereocenters. The Morgan fingerprint density at radius 1 is 1.05 bits per heavy atom. The van der Waals surface area contributed by atoms with Crippen LogP contribution in [0.25, 0.3) is 21.5 Å². The highest BCUT2D eigenvalue weighted by atomic mass is 32.1. The third-order valence-electron chi connectivity index (χ3n) is 7.38. The van der Waals surface area contributed by atoms with Crippen molar-refractivity contribution < 1.29 is 19.4 Å². The normalized spacial score (nSPS) is 20.0. The van der Waals surface area contributed by atoms with Gasteiger partial charge in [0.25, 0.3) is 5.91 Å². The molecule has 0 spiro atoms. The van der Waals surface area contributed by atoms with Crippen molar-refractivity contribution >= 4 is 27.5 Å². The molecule has 1 N–H and O–H groups in total. The summed E-state index contributed by atoms with van der Waals surface area (Å²) in [7, 11) is 0. The largest absolute Gasteiger partial charge is 0.457 e. The molecule has 196 valence electrons. The van der Waals surface area contributed by atoms with E-state index >= 15 is 0 Å². The topological polar surface area (TPSA) is 84.8 Å². The Bertz CT molecular complexity index is 1430. The van der Waals surface area contributed by atoms with E-state index < -0.39 is 0 Å². The molecule has 4 aromatic rings. The van der Waals surface area contributed by atoms with Gasteiger partial charge >= 0.3 is 0 Å². The molecular weight excluding hydrogens is 498 g/mol. The molecule has 1 aliphatic carbocycles. The molecular formula is C30H31N3O4S. The number of morpholine rings is 1. The lowest BCUT2D eigenvalue weighted by Gasteiger charge is -2.27. The van der Waals surface area contributed by atoms with E-state index in [1.54, 1.807) is 17.5 Å². The predicted molar refractivity (Wildman–Crippen MR) is 148 cm³/mol. The highest BCUT2D eigenvalue weighted by Crippen LogP contribution is 2.34. The molecule has 8 heteroatoms. The summed E-state index contributed by atoms with van der Waals surface area (Å²) in [4.78, 5) is 24.1. The third kappa shape index (κ3) is 5.57. The number of carbonyl (C=O) groups excluding carboxylic acids is 1. The van der Waals surface area contributed by atoms with Gasteiger partial charge in [-0.2, -0.15) is 0 Å². The number of aliphatic hydroxyl groups is 1. The van der Waals surface area contributed by atoms with Crippen LogP contribution in [0.2, 0.25) is 0 Å². The number of ether oxygens (including phenoxy) is 2. The molecule has 1 aliphatic heterocycles. The average molecular weight is 530 g/mol. The van der Waals surface area contributed by atoms with Crippen molar-refractivity contribution in [3.63, 3.8) is 0 Å². The minimum atomic E-state index is -0.214. The summed E-state index contributed by atoms with van der Waals surface area (Å²) in [6.45, 7) is 2.37. The minimum Gasteiger partial charge on any atom is -0.457 e. The van der Waals surface area contributed by atoms with Crippen LogP contribution in [0, 0.1) is 5.92 Å². The fourth-order valence-corrected chi connectivity index (χ4v) is 6.37. The first-order valence-electron chi connectivity index (χ1n) is 13.3. The summed E-state index contributed by atoms with van der Waals surface area (Å²) in [5.41, 5.74) is 3.21. The quantitative estimate of drug-likeness (QED) is 0.344. The van der Waals surface area contributed by atoms with Crippen molar-refractivity contribution in [2.24, 2.45) is 5.92 Å². The first-order chi connectivity index (χ1) is 18.6. The highest BCUT2D eigenvalue weighted by molar-refractivity contribution is 7.18. The lowest BCUT2D eigenvalue weighted by molar-refractivity contribution is 0.0303. The van der Waals surface area contributed by atoms with Crippen LogP contribution in [-0.4, -0.2) is 58.3 Å². The number of rotatable bonds is 6. The monoisotopic (exact) mass is 529 g/mol. The van der Waals surface area contributed by atoms with Crippen molar-refractivity contribution in [3.05, 3.63) is 71.4 Å². The Hall–Kier alpha value is -3.33. The molecule has 1 saturated heterocycles. The Morgan fingerprint density at radius 2 is 1.89 bits per heavy atom. The lowest BCUT2D eigenvalue weighted by atomic mass is 9.84. The number of carbonyl (C=O) groups is 1. The summed E-state index contributed by atoms with van der Waals surface area (Å²) in [5, 5.41) is 11.4. The summed E-state index contributed by atoms with van der Waals surface area (Å²) < 4.78 is 12.7. The van der Waals surface area contributed by atoms with Gasteiger partial charge in [-0.3, -0.25) is 9.78 Å². The van der Waals surface area contributed by atoms with Crippen molar-refractivity contribution in [3.8, 4) is 22.8 Å². The number of benzene rings is 2. The zero-order valence-electron chi connectivity index (χ0n) is 21.2. The van der Waals surface area contributed by atoms with Gasteiger partial charge in [0, 0.05) is 49.0 Å². The Labute approximate surface area is 226 Å². The molecule has 1 saturated carbocycles. The molecule has 3 heterocycles.